The maximum absolute atomic E-state index is 14.4. The van der Waals surface area contributed by atoms with Crippen molar-refractivity contribution in [3.63, 3.8) is 0 Å². The van der Waals surface area contributed by atoms with Crippen LogP contribution in [0.15, 0.2) is 47.6 Å². The second-order valence-corrected chi connectivity index (χ2v) is 9.36. The number of benzene rings is 1. The number of rotatable bonds is 4. The maximum Gasteiger partial charge on any atom is 0.274 e. The van der Waals surface area contributed by atoms with Gasteiger partial charge in [0.2, 0.25) is 0 Å². The Balaban J connectivity index is 1.64. The summed E-state index contributed by atoms with van der Waals surface area (Å²) in [5, 5.41) is 2.80. The molecule has 0 saturated heterocycles. The van der Waals surface area contributed by atoms with Gasteiger partial charge < -0.3 is 5.32 Å². The molecule has 8 heteroatoms. The van der Waals surface area contributed by atoms with Crippen molar-refractivity contribution in [2.45, 2.75) is 43.9 Å². The van der Waals surface area contributed by atoms with Crippen LogP contribution >= 0.6 is 12.6 Å². The van der Waals surface area contributed by atoms with Gasteiger partial charge in [0.1, 0.15) is 28.8 Å². The minimum atomic E-state index is -1.01. The number of carbonyl (C=O) groups is 1. The van der Waals surface area contributed by atoms with Gasteiger partial charge in [0.25, 0.3) is 5.91 Å². The summed E-state index contributed by atoms with van der Waals surface area (Å²) >= 11 is 3.92. The summed E-state index contributed by atoms with van der Waals surface area (Å²) in [5.41, 5.74) is 0.152. The number of aromatic nitrogens is 2. The summed E-state index contributed by atoms with van der Waals surface area (Å²) in [6.45, 7) is 4.45. The molecule has 2 heterocycles. The maximum atomic E-state index is 14.4. The molecule has 1 amide bonds. The lowest BCUT2D eigenvalue weighted by molar-refractivity contribution is 0.102. The molecule has 2 aromatic heterocycles. The lowest BCUT2D eigenvalue weighted by Gasteiger charge is -2.32. The van der Waals surface area contributed by atoms with Crippen LogP contribution in [0, 0.1) is 29.3 Å². The highest BCUT2D eigenvalue weighted by Gasteiger charge is 2.27. The molecular weight excluding hydrogens is 447 g/mol. The number of anilines is 1. The number of nitrogens with one attached hydrogen (secondary N) is 1. The second kappa shape index (κ2) is 9.55. The van der Waals surface area contributed by atoms with Crippen LogP contribution < -0.4 is 5.32 Å². The molecule has 172 valence electrons. The number of thiol groups is 1. The van der Waals surface area contributed by atoms with E-state index in [1.807, 2.05) is 6.07 Å². The molecule has 3 aromatic rings. The molecule has 1 aliphatic rings. The summed E-state index contributed by atoms with van der Waals surface area (Å²) in [6, 6.07) is 5.97. The lowest BCUT2D eigenvalue weighted by atomic mass is 9.74. The highest BCUT2D eigenvalue weighted by atomic mass is 32.1. The van der Waals surface area contributed by atoms with Crippen molar-refractivity contribution in [2.75, 3.05) is 5.32 Å². The Morgan fingerprint density at radius 1 is 1.00 bits per heavy atom. The molecule has 1 aliphatic carbocycles. The number of hydrogen-bond donors (Lipinski definition) is 2. The van der Waals surface area contributed by atoms with Gasteiger partial charge in [-0.25, -0.2) is 18.2 Å². The van der Waals surface area contributed by atoms with Gasteiger partial charge in [0.15, 0.2) is 0 Å². The Morgan fingerprint density at radius 2 is 1.67 bits per heavy atom. The third kappa shape index (κ3) is 5.05. The summed E-state index contributed by atoms with van der Waals surface area (Å²) in [4.78, 5) is 21.1. The van der Waals surface area contributed by atoms with Crippen molar-refractivity contribution in [1.29, 1.82) is 0 Å². The first-order valence-corrected chi connectivity index (χ1v) is 11.3. The van der Waals surface area contributed by atoms with Crippen molar-refractivity contribution < 1.29 is 18.0 Å². The highest BCUT2D eigenvalue weighted by molar-refractivity contribution is 7.80. The monoisotopic (exact) mass is 471 g/mol. The van der Waals surface area contributed by atoms with Crippen LogP contribution in [0.3, 0.4) is 0 Å². The molecule has 4 rings (SSSR count). The molecular formula is C25H24F3N3OS. The van der Waals surface area contributed by atoms with Crippen LogP contribution in [-0.2, 0) is 0 Å². The van der Waals surface area contributed by atoms with Gasteiger partial charge >= 0.3 is 0 Å². The molecule has 2 unspecified atom stereocenters. The Hall–Kier alpha value is -2.87. The molecule has 4 nitrogen and oxygen atoms in total. The van der Waals surface area contributed by atoms with E-state index in [-0.39, 0.29) is 16.5 Å². The number of hydrogen-bond acceptors (Lipinski definition) is 4. The fourth-order valence-corrected chi connectivity index (χ4v) is 5.01. The average Bonchev–Trinajstić information content (AvgIpc) is 2.74. The van der Waals surface area contributed by atoms with Gasteiger partial charge in [-0.3, -0.25) is 9.78 Å². The number of halogens is 3. The summed E-state index contributed by atoms with van der Waals surface area (Å²) in [5.74, 6) is -2.16. The van der Waals surface area contributed by atoms with Gasteiger partial charge in [-0.2, -0.15) is 0 Å². The quantitative estimate of drug-likeness (QED) is 0.419. The molecule has 0 bridgehead atoms. The molecule has 33 heavy (non-hydrogen) atoms. The van der Waals surface area contributed by atoms with E-state index in [9.17, 15) is 18.0 Å². The smallest absolute Gasteiger partial charge is 0.274 e. The Bertz CT molecular complexity index is 1170. The molecule has 0 aliphatic heterocycles. The van der Waals surface area contributed by atoms with E-state index in [2.05, 4.69) is 41.8 Å². The highest BCUT2D eigenvalue weighted by Crippen LogP contribution is 2.41. The Labute approximate surface area is 196 Å². The zero-order chi connectivity index (χ0) is 23.7. The summed E-state index contributed by atoms with van der Waals surface area (Å²) in [6.07, 6.45) is 6.46. The van der Waals surface area contributed by atoms with E-state index in [1.54, 1.807) is 12.4 Å². The first-order valence-electron chi connectivity index (χ1n) is 10.8. The van der Waals surface area contributed by atoms with Crippen LogP contribution in [0.25, 0.3) is 11.3 Å². The van der Waals surface area contributed by atoms with E-state index in [4.69, 9.17) is 0 Å². The number of nitrogens with zero attached hydrogens (tertiary/aromatic N) is 2. The predicted octanol–water partition coefficient (Wildman–Crippen LogP) is 6.64. The van der Waals surface area contributed by atoms with Crippen LogP contribution in [-0.4, -0.2) is 15.9 Å². The third-order valence-corrected chi connectivity index (χ3v) is 6.32. The van der Waals surface area contributed by atoms with Crippen molar-refractivity contribution >= 4 is 24.2 Å². The van der Waals surface area contributed by atoms with Gasteiger partial charge in [-0.1, -0.05) is 13.8 Å². The second-order valence-electron chi connectivity index (χ2n) is 8.84. The van der Waals surface area contributed by atoms with E-state index in [0.717, 1.165) is 36.6 Å². The molecule has 1 saturated carbocycles. The molecule has 1 N–H and O–H groups in total. The largest absolute Gasteiger partial charge is 0.319 e. The van der Waals surface area contributed by atoms with Crippen molar-refractivity contribution in [3.05, 3.63) is 71.4 Å². The van der Waals surface area contributed by atoms with E-state index < -0.39 is 34.6 Å². The van der Waals surface area contributed by atoms with Crippen molar-refractivity contribution in [3.8, 4) is 11.3 Å². The summed E-state index contributed by atoms with van der Waals surface area (Å²) < 4.78 is 43.2. The molecule has 1 aromatic carbocycles. The third-order valence-electron chi connectivity index (χ3n) is 6.06. The standard InChI is InChI=1S/C25H24F3N3OS/c1-13-7-14(2)9-15(8-13)17-5-6-29-12-22(17)31-25(32)21-4-3-18(26)24(30-21)23-19(27)10-16(33)11-20(23)28/h3-6,10-15,33H,7-9H2,1-2H3,(H,31,32)/t13-,14?,15?/m0/s1. The van der Waals surface area contributed by atoms with Crippen LogP contribution in [0.2, 0.25) is 0 Å². The summed E-state index contributed by atoms with van der Waals surface area (Å²) in [7, 11) is 0. The minimum absolute atomic E-state index is 0.0542. The zero-order valence-electron chi connectivity index (χ0n) is 18.3. The fraction of sp³-hybridized carbons (Fsp3) is 0.320. The SMILES string of the molecule is CC1CC(c2ccncc2NC(=O)c2ccc(F)c(-c3c(F)cc(S)cc3F)n2)C[C@@H](C)C1. The number of amides is 1. The van der Waals surface area contributed by atoms with Gasteiger partial charge in [0, 0.05) is 11.1 Å². The molecule has 1 fully saturated rings. The van der Waals surface area contributed by atoms with Crippen LogP contribution in [0.4, 0.5) is 18.9 Å². The van der Waals surface area contributed by atoms with Gasteiger partial charge in [0.05, 0.1) is 17.4 Å². The van der Waals surface area contributed by atoms with Crippen molar-refractivity contribution in [1.82, 2.24) is 9.97 Å². The number of carbonyl (C=O) groups excluding carboxylic acids is 1. The van der Waals surface area contributed by atoms with E-state index >= 15 is 0 Å². The topological polar surface area (TPSA) is 54.9 Å². The Kier molecular flexibility index (Phi) is 6.74. The van der Waals surface area contributed by atoms with E-state index in [0.29, 0.717) is 17.5 Å². The zero-order valence-corrected chi connectivity index (χ0v) is 19.2. The van der Waals surface area contributed by atoms with Gasteiger partial charge in [-0.05, 0) is 72.9 Å². The lowest BCUT2D eigenvalue weighted by Crippen LogP contribution is -2.21. The number of pyridine rings is 2. The first-order chi connectivity index (χ1) is 15.7. The fourth-order valence-electron chi connectivity index (χ4n) is 4.78. The van der Waals surface area contributed by atoms with Crippen LogP contribution in [0.1, 0.15) is 55.1 Å². The van der Waals surface area contributed by atoms with Crippen LogP contribution in [0.5, 0.6) is 0 Å². The van der Waals surface area contributed by atoms with E-state index in [1.165, 1.54) is 12.5 Å². The van der Waals surface area contributed by atoms with Crippen molar-refractivity contribution in [2.24, 2.45) is 11.8 Å². The minimum Gasteiger partial charge on any atom is -0.319 e. The first kappa shape index (κ1) is 23.3. The molecule has 0 spiro atoms. The average molecular weight is 472 g/mol. The predicted molar refractivity (Wildman–Crippen MR) is 124 cm³/mol. The Morgan fingerprint density at radius 3 is 2.33 bits per heavy atom. The molecule has 0 radical (unpaired) electrons. The van der Waals surface area contributed by atoms with Gasteiger partial charge in [-0.15, -0.1) is 12.6 Å². The molecule has 3 atom stereocenters. The normalized spacial score (nSPS) is 20.5.